The first kappa shape index (κ1) is 35.0. The number of ether oxygens (including phenoxy) is 1. The first-order valence-corrected chi connectivity index (χ1v) is 19.3. The minimum Gasteiger partial charge on any atom is -0.444 e. The van der Waals surface area contributed by atoms with E-state index in [9.17, 15) is 14.4 Å². The van der Waals surface area contributed by atoms with Gasteiger partial charge in [-0.2, -0.15) is 5.26 Å². The van der Waals surface area contributed by atoms with E-state index in [4.69, 9.17) is 15.0 Å². The number of benzene rings is 3. The number of nitrogens with zero attached hydrogens (tertiary/aromatic N) is 6. The summed E-state index contributed by atoms with van der Waals surface area (Å²) in [6.45, 7) is 8.19. The third-order valence-electron chi connectivity index (χ3n) is 11.7. The molecular weight excluding hydrogens is 698 g/mol. The Hall–Kier alpha value is -5.70. The molecule has 11 nitrogen and oxygen atoms in total. The molecule has 3 amide bonds. The predicted octanol–water partition coefficient (Wildman–Crippen LogP) is 6.98. The highest BCUT2D eigenvalue weighted by Gasteiger charge is 2.50. The number of imidazole rings is 1. The molecule has 2 aliphatic heterocycles. The van der Waals surface area contributed by atoms with Crippen molar-refractivity contribution < 1.29 is 23.5 Å². The van der Waals surface area contributed by atoms with Crippen molar-refractivity contribution in [2.75, 3.05) is 19.6 Å². The van der Waals surface area contributed by atoms with Gasteiger partial charge in [0.15, 0.2) is 5.82 Å². The van der Waals surface area contributed by atoms with Crippen LogP contribution in [0.3, 0.4) is 0 Å². The zero-order valence-electron chi connectivity index (χ0n) is 31.3. The van der Waals surface area contributed by atoms with Gasteiger partial charge in [-0.1, -0.05) is 18.2 Å². The van der Waals surface area contributed by atoms with Gasteiger partial charge in [0.2, 0.25) is 0 Å². The van der Waals surface area contributed by atoms with Crippen molar-refractivity contribution in [2.24, 2.45) is 17.8 Å². The van der Waals surface area contributed by atoms with E-state index in [0.717, 1.165) is 36.0 Å². The molecule has 12 heteroatoms. The number of piperidine rings is 1. The van der Waals surface area contributed by atoms with E-state index >= 15 is 4.39 Å². The number of alkyl carbamates (subject to hydrolysis) is 1. The molecule has 2 bridgehead atoms. The molecule has 3 atom stereocenters. The maximum atomic E-state index is 16.7. The Labute approximate surface area is 318 Å². The van der Waals surface area contributed by atoms with E-state index in [1.54, 1.807) is 40.1 Å². The molecular formula is C43H44FN7O4. The monoisotopic (exact) mass is 741 g/mol. The van der Waals surface area contributed by atoms with E-state index in [-0.39, 0.29) is 41.3 Å². The van der Waals surface area contributed by atoms with Gasteiger partial charge in [-0.15, -0.1) is 0 Å². The zero-order chi connectivity index (χ0) is 38.2. The van der Waals surface area contributed by atoms with Crippen LogP contribution in [0.1, 0.15) is 72.7 Å². The lowest BCUT2D eigenvalue weighted by atomic mass is 9.98. The standard InChI is InChI=1S/C43H44FN7O4/c1-43(2,3)55-42(54)47-37-30-14-15-35(37)50(24-30)41(53)31-16-32(44)38-33(17-31)46-39(36-18-29-6-4-5-7-34(29)49(36)22-26-8-9-26)51(38)23-27-20-48(21-27)40(52)28-12-10-25(19-45)11-13-28/h4-7,10-13,16-18,26-27,30,35,37H,8-9,14-15,20-24H2,1-3H3,(H,47,54)/t30-,35-,37-/m1/s1. The lowest BCUT2D eigenvalue weighted by molar-refractivity contribution is 0.0468. The van der Waals surface area contributed by atoms with Crippen molar-refractivity contribution in [3.63, 3.8) is 0 Å². The molecule has 9 rings (SSSR count). The summed E-state index contributed by atoms with van der Waals surface area (Å²) < 4.78 is 26.4. The normalized spacial score (nSPS) is 20.9. The van der Waals surface area contributed by atoms with Gasteiger partial charge >= 0.3 is 6.09 Å². The lowest BCUT2D eigenvalue weighted by Gasteiger charge is -2.39. The first-order valence-electron chi connectivity index (χ1n) is 19.3. The molecule has 0 spiro atoms. The number of hydrogen-bond acceptors (Lipinski definition) is 6. The SMILES string of the molecule is CC(C)(C)OC(=O)N[C@@H]1[C@@H]2CC[C@H]1N(C(=O)c1cc(F)c3c(c1)nc(-c1cc4ccccc4n1CC1CC1)n3CC1CN(C(=O)c3ccc(C#N)cc3)C1)C2. The Bertz CT molecular complexity index is 2390. The van der Waals surface area contributed by atoms with Gasteiger partial charge in [0.1, 0.15) is 16.9 Å². The second kappa shape index (κ2) is 13.3. The van der Waals surface area contributed by atoms with Crippen molar-refractivity contribution in [3.8, 4) is 17.6 Å². The summed E-state index contributed by atoms with van der Waals surface area (Å²) in [5.41, 5.74) is 3.34. The number of nitriles is 1. The molecule has 2 saturated carbocycles. The number of likely N-dealkylation sites (tertiary alicyclic amines) is 2. The van der Waals surface area contributed by atoms with Crippen LogP contribution in [0.2, 0.25) is 0 Å². The second-order valence-electron chi connectivity index (χ2n) is 16.8. The molecule has 4 heterocycles. The molecule has 1 N–H and O–H groups in total. The highest BCUT2D eigenvalue weighted by molar-refractivity contribution is 5.99. The van der Waals surface area contributed by atoms with Crippen LogP contribution >= 0.6 is 0 Å². The van der Waals surface area contributed by atoms with E-state index in [1.165, 1.54) is 18.9 Å². The van der Waals surface area contributed by atoms with Crippen molar-refractivity contribution in [3.05, 3.63) is 89.2 Å². The van der Waals surface area contributed by atoms with Gasteiger partial charge in [0.25, 0.3) is 11.8 Å². The summed E-state index contributed by atoms with van der Waals surface area (Å²) in [6, 6.07) is 21.7. The fourth-order valence-corrected chi connectivity index (χ4v) is 8.90. The molecule has 2 aliphatic carbocycles. The number of fused-ring (bicyclic) bond motifs is 4. The van der Waals surface area contributed by atoms with Gasteiger partial charge in [-0.05, 0) is 107 Å². The number of amides is 3. The smallest absolute Gasteiger partial charge is 0.407 e. The molecule has 2 aromatic heterocycles. The van der Waals surface area contributed by atoms with Crippen molar-refractivity contribution in [2.45, 2.75) is 77.2 Å². The zero-order valence-corrected chi connectivity index (χ0v) is 31.3. The maximum absolute atomic E-state index is 16.7. The van der Waals surface area contributed by atoms with Gasteiger partial charge in [-0.3, -0.25) is 9.59 Å². The van der Waals surface area contributed by atoms with E-state index in [0.29, 0.717) is 60.1 Å². The number of carbonyl (C=O) groups is 3. The summed E-state index contributed by atoms with van der Waals surface area (Å²) in [7, 11) is 0. The van der Waals surface area contributed by atoms with Gasteiger partial charge in [-0.25, -0.2) is 14.2 Å². The summed E-state index contributed by atoms with van der Waals surface area (Å²) in [6.07, 6.45) is 3.47. The van der Waals surface area contributed by atoms with Gasteiger partial charge in [0.05, 0.1) is 34.9 Å². The summed E-state index contributed by atoms with van der Waals surface area (Å²) in [4.78, 5) is 48.8. The highest BCUT2D eigenvalue weighted by Crippen LogP contribution is 2.41. The topological polar surface area (TPSA) is 125 Å². The predicted molar refractivity (Wildman–Crippen MR) is 205 cm³/mol. The molecule has 0 radical (unpaired) electrons. The summed E-state index contributed by atoms with van der Waals surface area (Å²) in [5, 5.41) is 13.2. The Morgan fingerprint density at radius 2 is 1.64 bits per heavy atom. The second-order valence-corrected chi connectivity index (χ2v) is 16.8. The molecule has 282 valence electrons. The largest absolute Gasteiger partial charge is 0.444 e. The molecule has 4 fully saturated rings. The number of nitrogens with one attached hydrogen (secondary N) is 1. The van der Waals surface area contributed by atoms with E-state index < -0.39 is 17.5 Å². The summed E-state index contributed by atoms with van der Waals surface area (Å²) in [5.74, 6) is 0.450. The number of carbonyl (C=O) groups excluding carboxylic acids is 3. The number of para-hydroxylation sites is 1. The Morgan fingerprint density at radius 1 is 0.891 bits per heavy atom. The average molecular weight is 742 g/mol. The Balaban J connectivity index is 1.04. The minimum atomic E-state index is -0.639. The molecule has 5 aromatic rings. The van der Waals surface area contributed by atoms with Crippen LogP contribution in [-0.2, 0) is 17.8 Å². The van der Waals surface area contributed by atoms with Crippen molar-refractivity contribution >= 4 is 39.8 Å². The Morgan fingerprint density at radius 3 is 2.36 bits per heavy atom. The fraction of sp³-hybridized carbons (Fsp3) is 0.419. The molecule has 2 saturated heterocycles. The van der Waals surface area contributed by atoms with Gasteiger partial charge in [0, 0.05) is 60.7 Å². The number of rotatable bonds is 8. The quantitative estimate of drug-likeness (QED) is 0.183. The van der Waals surface area contributed by atoms with Crippen LogP contribution in [0.25, 0.3) is 33.5 Å². The summed E-state index contributed by atoms with van der Waals surface area (Å²) >= 11 is 0. The number of hydrogen-bond donors (Lipinski definition) is 1. The lowest BCUT2D eigenvalue weighted by Crippen LogP contribution is -2.51. The molecule has 55 heavy (non-hydrogen) atoms. The van der Waals surface area contributed by atoms with Gasteiger partial charge < -0.3 is 29.0 Å². The van der Waals surface area contributed by atoms with Crippen molar-refractivity contribution in [1.82, 2.24) is 29.2 Å². The molecule has 0 unspecified atom stereocenters. The van der Waals surface area contributed by atoms with Crippen LogP contribution in [0.15, 0.2) is 66.7 Å². The van der Waals surface area contributed by atoms with Crippen LogP contribution in [0.5, 0.6) is 0 Å². The number of halogens is 1. The van der Waals surface area contributed by atoms with E-state index in [1.807, 2.05) is 37.5 Å². The Kier molecular flexibility index (Phi) is 8.44. The number of aromatic nitrogens is 3. The van der Waals surface area contributed by atoms with Crippen LogP contribution < -0.4 is 5.32 Å². The van der Waals surface area contributed by atoms with Crippen molar-refractivity contribution in [1.29, 1.82) is 5.26 Å². The fourth-order valence-electron chi connectivity index (χ4n) is 8.90. The minimum absolute atomic E-state index is 0.0509. The molecule has 3 aromatic carbocycles. The average Bonchev–Trinajstić information content (AvgIpc) is 3.44. The van der Waals surface area contributed by atoms with E-state index in [2.05, 4.69) is 34.2 Å². The van der Waals surface area contributed by atoms with Crippen LogP contribution in [-0.4, -0.2) is 79.1 Å². The highest BCUT2D eigenvalue weighted by atomic mass is 19.1. The molecule has 4 aliphatic rings. The maximum Gasteiger partial charge on any atom is 0.407 e. The first-order chi connectivity index (χ1) is 26.4. The van der Waals surface area contributed by atoms with Crippen LogP contribution in [0, 0.1) is 34.9 Å². The third kappa shape index (κ3) is 6.49. The van der Waals surface area contributed by atoms with Crippen LogP contribution in [0.4, 0.5) is 9.18 Å². The third-order valence-corrected chi connectivity index (χ3v) is 11.7.